The highest BCUT2D eigenvalue weighted by atomic mass is 16.5. The minimum atomic E-state index is -0.686. The Morgan fingerprint density at radius 1 is 1.35 bits per heavy atom. The number of nitrogens with zero attached hydrogens (tertiary/aromatic N) is 1. The zero-order valence-corrected chi connectivity index (χ0v) is 12.4. The molecule has 0 aromatic heterocycles. The van der Waals surface area contributed by atoms with Crippen LogP contribution < -0.4 is 4.74 Å². The van der Waals surface area contributed by atoms with Crippen LogP contribution in [0.1, 0.15) is 38.7 Å². The van der Waals surface area contributed by atoms with Gasteiger partial charge in [0.25, 0.3) is 5.91 Å². The number of aliphatic hydroxyl groups is 1. The number of carbonyl (C=O) groups excluding carboxylic acids is 1. The van der Waals surface area contributed by atoms with E-state index in [0.29, 0.717) is 31.2 Å². The minimum absolute atomic E-state index is 0.0286. The number of likely N-dealkylation sites (tertiary alicyclic amines) is 1. The first-order valence-corrected chi connectivity index (χ1v) is 7.16. The third-order valence-electron chi connectivity index (χ3n) is 3.89. The molecule has 0 atom stereocenters. The maximum Gasteiger partial charge on any atom is 0.260 e. The number of hydrogen-bond donors (Lipinski definition) is 1. The first-order valence-electron chi connectivity index (χ1n) is 7.16. The Labute approximate surface area is 120 Å². The molecule has 0 spiro atoms. The van der Waals surface area contributed by atoms with Gasteiger partial charge in [-0.15, -0.1) is 0 Å². The standard InChI is InChI=1S/C16H23NO3/c1-4-16(19)10-17(11-16)15(18)9-20-14-7-5-13(6-8-14)12(2)3/h5-8,12,19H,4,9-11H2,1-3H3. The molecule has 2 rings (SSSR count). The van der Waals surface area contributed by atoms with Crippen molar-refractivity contribution in [3.05, 3.63) is 29.8 Å². The highest BCUT2D eigenvalue weighted by Gasteiger charge is 2.41. The molecule has 0 radical (unpaired) electrons. The summed E-state index contributed by atoms with van der Waals surface area (Å²) in [7, 11) is 0. The molecule has 1 N–H and O–H groups in total. The quantitative estimate of drug-likeness (QED) is 0.897. The van der Waals surface area contributed by atoms with Crippen LogP contribution in [0.2, 0.25) is 0 Å². The predicted octanol–water partition coefficient (Wildman–Crippen LogP) is 2.17. The van der Waals surface area contributed by atoms with Gasteiger partial charge in [-0.2, -0.15) is 0 Å². The van der Waals surface area contributed by atoms with Crippen LogP contribution in [0.5, 0.6) is 5.75 Å². The van der Waals surface area contributed by atoms with Gasteiger partial charge >= 0.3 is 0 Å². The molecular weight excluding hydrogens is 254 g/mol. The van der Waals surface area contributed by atoms with Crippen LogP contribution in [0.25, 0.3) is 0 Å². The second-order valence-corrected chi connectivity index (χ2v) is 5.84. The Bertz CT molecular complexity index is 461. The zero-order chi connectivity index (χ0) is 14.8. The maximum atomic E-state index is 11.9. The number of ether oxygens (including phenoxy) is 1. The number of β-amino-alcohol motifs (C(OH)–C–C–N with tert-alkyl or cyclic N) is 1. The molecule has 0 bridgehead atoms. The van der Waals surface area contributed by atoms with Crippen molar-refractivity contribution in [2.45, 2.75) is 38.7 Å². The Kier molecular flexibility index (Phi) is 4.33. The summed E-state index contributed by atoms with van der Waals surface area (Å²) >= 11 is 0. The maximum absolute atomic E-state index is 11.9. The Hall–Kier alpha value is -1.55. The topological polar surface area (TPSA) is 49.8 Å². The summed E-state index contributed by atoms with van der Waals surface area (Å²) in [5.74, 6) is 1.11. The van der Waals surface area contributed by atoms with E-state index in [4.69, 9.17) is 4.74 Å². The van der Waals surface area contributed by atoms with Crippen LogP contribution in [0, 0.1) is 0 Å². The summed E-state index contributed by atoms with van der Waals surface area (Å²) in [6, 6.07) is 7.82. The normalized spacial score (nSPS) is 16.9. The average molecular weight is 277 g/mol. The number of benzene rings is 1. The van der Waals surface area contributed by atoms with Gasteiger partial charge in [0.15, 0.2) is 6.61 Å². The average Bonchev–Trinajstić information content (AvgIpc) is 2.41. The van der Waals surface area contributed by atoms with Crippen LogP contribution in [0.4, 0.5) is 0 Å². The third kappa shape index (κ3) is 3.31. The fourth-order valence-electron chi connectivity index (χ4n) is 2.25. The molecule has 20 heavy (non-hydrogen) atoms. The molecule has 110 valence electrons. The van der Waals surface area contributed by atoms with Crippen LogP contribution in [-0.4, -0.2) is 41.2 Å². The SMILES string of the molecule is CCC1(O)CN(C(=O)COc2ccc(C(C)C)cc2)C1. The molecule has 1 aromatic rings. The van der Waals surface area contributed by atoms with Crippen molar-refractivity contribution in [1.29, 1.82) is 0 Å². The van der Waals surface area contributed by atoms with Crippen molar-refractivity contribution < 1.29 is 14.6 Å². The molecule has 1 aromatic carbocycles. The summed E-state index contributed by atoms with van der Waals surface area (Å²) in [4.78, 5) is 13.5. The van der Waals surface area contributed by atoms with Crippen molar-refractivity contribution >= 4 is 5.91 Å². The van der Waals surface area contributed by atoms with Gasteiger partial charge in [-0.3, -0.25) is 4.79 Å². The van der Waals surface area contributed by atoms with Gasteiger partial charge in [0.1, 0.15) is 5.75 Å². The lowest BCUT2D eigenvalue weighted by atomic mass is 9.91. The summed E-state index contributed by atoms with van der Waals surface area (Å²) in [5, 5.41) is 9.87. The van der Waals surface area contributed by atoms with Crippen LogP contribution >= 0.6 is 0 Å². The molecule has 0 saturated carbocycles. The zero-order valence-electron chi connectivity index (χ0n) is 12.4. The van der Waals surface area contributed by atoms with E-state index in [2.05, 4.69) is 13.8 Å². The first-order chi connectivity index (χ1) is 9.43. The fourth-order valence-corrected chi connectivity index (χ4v) is 2.25. The van der Waals surface area contributed by atoms with E-state index in [9.17, 15) is 9.90 Å². The molecule has 4 nitrogen and oxygen atoms in total. The number of rotatable bonds is 5. The smallest absolute Gasteiger partial charge is 0.260 e. The van der Waals surface area contributed by atoms with Crippen molar-refractivity contribution in [2.75, 3.05) is 19.7 Å². The van der Waals surface area contributed by atoms with Crippen LogP contribution in [0.15, 0.2) is 24.3 Å². The molecule has 0 unspecified atom stereocenters. The molecule has 4 heteroatoms. The van der Waals surface area contributed by atoms with Gasteiger partial charge in [0.2, 0.25) is 0 Å². The molecule has 1 amide bonds. The van der Waals surface area contributed by atoms with E-state index < -0.39 is 5.60 Å². The summed E-state index contributed by atoms with van der Waals surface area (Å²) in [6.07, 6.45) is 0.675. The van der Waals surface area contributed by atoms with Gasteiger partial charge in [-0.05, 0) is 30.0 Å². The highest BCUT2D eigenvalue weighted by Crippen LogP contribution is 2.24. The van der Waals surface area contributed by atoms with E-state index in [1.807, 2.05) is 31.2 Å². The van der Waals surface area contributed by atoms with E-state index in [1.165, 1.54) is 5.56 Å². The van der Waals surface area contributed by atoms with E-state index in [1.54, 1.807) is 4.90 Å². The second kappa shape index (κ2) is 5.83. The Morgan fingerprint density at radius 3 is 2.45 bits per heavy atom. The molecule has 1 aliphatic heterocycles. The monoisotopic (exact) mass is 277 g/mol. The van der Waals surface area contributed by atoms with Crippen molar-refractivity contribution in [2.24, 2.45) is 0 Å². The van der Waals surface area contributed by atoms with Crippen LogP contribution in [-0.2, 0) is 4.79 Å². The Morgan fingerprint density at radius 2 is 1.95 bits per heavy atom. The molecule has 1 saturated heterocycles. The third-order valence-corrected chi connectivity index (χ3v) is 3.89. The van der Waals surface area contributed by atoms with Gasteiger partial charge in [-0.1, -0.05) is 32.9 Å². The van der Waals surface area contributed by atoms with Gasteiger partial charge in [-0.25, -0.2) is 0 Å². The Balaban J connectivity index is 1.79. The summed E-state index contributed by atoms with van der Waals surface area (Å²) in [6.45, 7) is 7.06. The number of hydrogen-bond acceptors (Lipinski definition) is 3. The van der Waals surface area contributed by atoms with Gasteiger partial charge in [0.05, 0.1) is 18.7 Å². The molecule has 1 fully saturated rings. The fraction of sp³-hybridized carbons (Fsp3) is 0.562. The van der Waals surface area contributed by atoms with Gasteiger partial charge in [0, 0.05) is 0 Å². The molecule has 1 heterocycles. The predicted molar refractivity (Wildman–Crippen MR) is 77.8 cm³/mol. The molecule has 0 aliphatic carbocycles. The molecular formula is C16H23NO3. The van der Waals surface area contributed by atoms with E-state index >= 15 is 0 Å². The van der Waals surface area contributed by atoms with E-state index in [0.717, 1.165) is 0 Å². The highest BCUT2D eigenvalue weighted by molar-refractivity contribution is 5.79. The number of carbonyl (C=O) groups is 1. The second-order valence-electron chi connectivity index (χ2n) is 5.84. The van der Waals surface area contributed by atoms with Crippen molar-refractivity contribution in [3.63, 3.8) is 0 Å². The lowest BCUT2D eigenvalue weighted by molar-refractivity contribution is -0.157. The van der Waals surface area contributed by atoms with E-state index in [-0.39, 0.29) is 12.5 Å². The lowest BCUT2D eigenvalue weighted by Crippen LogP contribution is -2.63. The number of amides is 1. The molecule has 1 aliphatic rings. The van der Waals surface area contributed by atoms with Crippen molar-refractivity contribution in [3.8, 4) is 5.75 Å². The first kappa shape index (κ1) is 14.9. The minimum Gasteiger partial charge on any atom is -0.484 e. The summed E-state index contributed by atoms with van der Waals surface area (Å²) < 4.78 is 5.49. The lowest BCUT2D eigenvalue weighted by Gasteiger charge is -2.45. The summed E-state index contributed by atoms with van der Waals surface area (Å²) in [5.41, 5.74) is 0.564. The van der Waals surface area contributed by atoms with Crippen LogP contribution in [0.3, 0.4) is 0 Å². The van der Waals surface area contributed by atoms with Gasteiger partial charge < -0.3 is 14.7 Å². The van der Waals surface area contributed by atoms with Crippen molar-refractivity contribution in [1.82, 2.24) is 4.90 Å². The largest absolute Gasteiger partial charge is 0.484 e.